The summed E-state index contributed by atoms with van der Waals surface area (Å²) in [4.78, 5) is 22.7. The highest BCUT2D eigenvalue weighted by atomic mass is 16.5. The molecule has 2 amide bonds. The third-order valence-corrected chi connectivity index (χ3v) is 4.59. The topological polar surface area (TPSA) is 116 Å². The fourth-order valence-corrected chi connectivity index (χ4v) is 3.77. The summed E-state index contributed by atoms with van der Waals surface area (Å²) in [5.74, 6) is 0.400. The molecule has 0 aliphatic heterocycles. The molecule has 8 heteroatoms. The zero-order valence-electron chi connectivity index (χ0n) is 12.3. The second kappa shape index (κ2) is 4.61. The third-order valence-electron chi connectivity index (χ3n) is 4.59. The number of hydrogen-bond acceptors (Lipinski definition) is 4. The molecule has 0 atom stereocenters. The molecule has 1 aromatic heterocycles. The highest BCUT2D eigenvalue weighted by molar-refractivity contribution is 5.81. The van der Waals surface area contributed by atoms with E-state index in [-0.39, 0.29) is 23.6 Å². The lowest BCUT2D eigenvalue weighted by molar-refractivity contribution is -0.141. The predicted octanol–water partition coefficient (Wildman–Crippen LogP) is 1.00. The average Bonchev–Trinajstić information content (AvgIpc) is 2.88. The summed E-state index contributed by atoms with van der Waals surface area (Å²) in [5.41, 5.74) is 0.269. The number of fused-ring (bicyclic) bond motifs is 1. The van der Waals surface area contributed by atoms with Gasteiger partial charge in [0.2, 0.25) is 0 Å². The van der Waals surface area contributed by atoms with Crippen LogP contribution in [0.15, 0.2) is 24.4 Å². The van der Waals surface area contributed by atoms with Crippen molar-refractivity contribution < 1.29 is 19.4 Å². The first-order valence-electron chi connectivity index (χ1n) is 7.36. The number of hydrogen-bond donors (Lipinski definition) is 4. The van der Waals surface area contributed by atoms with Crippen LogP contribution in [0.2, 0.25) is 0 Å². The maximum atomic E-state index is 12.0. The number of amides is 2. The molecule has 3 aliphatic carbocycles. The Balaban J connectivity index is 1.28. The van der Waals surface area contributed by atoms with Crippen LogP contribution in [0.5, 0.6) is 5.75 Å². The summed E-state index contributed by atoms with van der Waals surface area (Å²) >= 11 is 0. The molecule has 3 fully saturated rings. The standard InChI is InChI=1S/C15H16N4O4/c20-12(17-14-6-15(7-14,8-14)18-13(21)22)5-23-10-2-1-9-4-16-19-11(9)3-10/h1-4,18H,5-8H2,(H,16,19)(H,17,20)(H,21,22). The van der Waals surface area contributed by atoms with Crippen molar-refractivity contribution in [2.45, 2.75) is 30.3 Å². The van der Waals surface area contributed by atoms with Crippen molar-refractivity contribution in [1.29, 1.82) is 0 Å². The van der Waals surface area contributed by atoms with Crippen LogP contribution in [-0.4, -0.2) is 45.0 Å². The number of carboxylic acid groups (broad SMARTS) is 1. The second-order valence-electron chi connectivity index (χ2n) is 6.48. The fraction of sp³-hybridized carbons (Fsp3) is 0.400. The number of benzene rings is 1. The number of ether oxygens (including phenoxy) is 1. The number of carbonyl (C=O) groups is 2. The zero-order valence-corrected chi connectivity index (χ0v) is 12.3. The van der Waals surface area contributed by atoms with Crippen molar-refractivity contribution in [3.8, 4) is 5.75 Å². The molecule has 0 spiro atoms. The first kappa shape index (κ1) is 13.9. The van der Waals surface area contributed by atoms with E-state index in [4.69, 9.17) is 9.84 Å². The van der Waals surface area contributed by atoms with Gasteiger partial charge in [-0.15, -0.1) is 0 Å². The minimum Gasteiger partial charge on any atom is -0.484 e. The molecule has 2 aromatic rings. The number of aromatic nitrogens is 2. The van der Waals surface area contributed by atoms with Crippen molar-refractivity contribution in [3.05, 3.63) is 24.4 Å². The largest absolute Gasteiger partial charge is 0.484 e. The van der Waals surface area contributed by atoms with E-state index in [1.54, 1.807) is 18.3 Å². The maximum absolute atomic E-state index is 12.0. The maximum Gasteiger partial charge on any atom is 0.405 e. The van der Waals surface area contributed by atoms with E-state index >= 15 is 0 Å². The second-order valence-corrected chi connectivity index (χ2v) is 6.48. The Bertz CT molecular complexity index is 780. The minimum atomic E-state index is -1.01. The highest BCUT2D eigenvalue weighted by Gasteiger charge is 2.69. The predicted molar refractivity (Wildman–Crippen MR) is 80.2 cm³/mol. The normalized spacial score (nSPS) is 27.7. The molecule has 8 nitrogen and oxygen atoms in total. The molecular weight excluding hydrogens is 300 g/mol. The van der Waals surface area contributed by atoms with Gasteiger partial charge in [0.15, 0.2) is 6.61 Å². The molecule has 2 bridgehead atoms. The van der Waals surface area contributed by atoms with Crippen molar-refractivity contribution >= 4 is 22.9 Å². The van der Waals surface area contributed by atoms with Gasteiger partial charge in [-0.3, -0.25) is 9.89 Å². The van der Waals surface area contributed by atoms with Crippen LogP contribution in [0.1, 0.15) is 19.3 Å². The molecule has 3 saturated carbocycles. The van der Waals surface area contributed by atoms with Gasteiger partial charge in [-0.1, -0.05) is 0 Å². The molecular formula is C15H16N4O4. The number of H-pyrrole nitrogens is 1. The Morgan fingerprint density at radius 2 is 2.00 bits per heavy atom. The molecule has 4 N–H and O–H groups in total. The number of carbonyl (C=O) groups excluding carboxylic acids is 1. The Kier molecular flexibility index (Phi) is 2.78. The fourth-order valence-electron chi connectivity index (χ4n) is 3.77. The molecule has 1 heterocycles. The van der Waals surface area contributed by atoms with Gasteiger partial charge in [0.05, 0.1) is 17.3 Å². The van der Waals surface area contributed by atoms with E-state index in [0.29, 0.717) is 25.0 Å². The van der Waals surface area contributed by atoms with Crippen LogP contribution < -0.4 is 15.4 Å². The van der Waals surface area contributed by atoms with Gasteiger partial charge in [-0.25, -0.2) is 4.79 Å². The average molecular weight is 316 g/mol. The van der Waals surface area contributed by atoms with Crippen molar-refractivity contribution in [2.75, 3.05) is 6.61 Å². The smallest absolute Gasteiger partial charge is 0.405 e. The summed E-state index contributed by atoms with van der Waals surface area (Å²) in [5, 5.41) is 22.0. The van der Waals surface area contributed by atoms with E-state index in [1.165, 1.54) is 0 Å². The van der Waals surface area contributed by atoms with E-state index in [9.17, 15) is 9.59 Å². The van der Waals surface area contributed by atoms with E-state index in [0.717, 1.165) is 10.9 Å². The van der Waals surface area contributed by atoms with Crippen LogP contribution in [0, 0.1) is 0 Å². The number of aromatic amines is 1. The Hall–Kier alpha value is -2.77. The Morgan fingerprint density at radius 1 is 1.26 bits per heavy atom. The van der Waals surface area contributed by atoms with Crippen molar-refractivity contribution in [1.82, 2.24) is 20.8 Å². The lowest BCUT2D eigenvalue weighted by Crippen LogP contribution is -2.83. The van der Waals surface area contributed by atoms with Gasteiger partial charge in [0, 0.05) is 17.0 Å². The highest BCUT2D eigenvalue weighted by Crippen LogP contribution is 2.60. The van der Waals surface area contributed by atoms with Gasteiger partial charge in [-0.2, -0.15) is 5.10 Å². The van der Waals surface area contributed by atoms with Crippen molar-refractivity contribution in [3.63, 3.8) is 0 Å². The molecule has 23 heavy (non-hydrogen) atoms. The van der Waals surface area contributed by atoms with Crippen LogP contribution in [0.4, 0.5) is 4.79 Å². The lowest BCUT2D eigenvalue weighted by Gasteiger charge is -2.69. The van der Waals surface area contributed by atoms with Gasteiger partial charge < -0.3 is 20.5 Å². The first-order valence-corrected chi connectivity index (χ1v) is 7.36. The Labute approximate surface area is 131 Å². The van der Waals surface area contributed by atoms with Gasteiger partial charge in [0.25, 0.3) is 5.91 Å². The lowest BCUT2D eigenvalue weighted by atomic mass is 9.44. The molecule has 3 aliphatic rings. The monoisotopic (exact) mass is 316 g/mol. The molecule has 1 aromatic carbocycles. The molecule has 5 rings (SSSR count). The number of rotatable bonds is 5. The molecule has 0 radical (unpaired) electrons. The molecule has 0 saturated heterocycles. The molecule has 120 valence electrons. The van der Waals surface area contributed by atoms with Gasteiger partial charge in [-0.05, 0) is 31.4 Å². The van der Waals surface area contributed by atoms with Crippen LogP contribution in [-0.2, 0) is 4.79 Å². The van der Waals surface area contributed by atoms with E-state index < -0.39 is 6.09 Å². The summed E-state index contributed by atoms with van der Waals surface area (Å²) in [6.45, 7) is -0.0687. The summed E-state index contributed by atoms with van der Waals surface area (Å²) in [6, 6.07) is 5.45. The minimum absolute atomic E-state index is 0.0687. The number of nitrogens with one attached hydrogen (secondary N) is 3. The first-order chi connectivity index (χ1) is 11.0. The van der Waals surface area contributed by atoms with E-state index in [2.05, 4.69) is 20.8 Å². The Morgan fingerprint density at radius 3 is 2.74 bits per heavy atom. The zero-order chi connectivity index (χ0) is 16.1. The van der Waals surface area contributed by atoms with E-state index in [1.807, 2.05) is 6.07 Å². The quantitative estimate of drug-likeness (QED) is 0.656. The van der Waals surface area contributed by atoms with Gasteiger partial charge in [0.1, 0.15) is 5.75 Å². The third kappa shape index (κ3) is 2.36. The van der Waals surface area contributed by atoms with Crippen LogP contribution >= 0.6 is 0 Å². The van der Waals surface area contributed by atoms with Gasteiger partial charge >= 0.3 is 6.09 Å². The van der Waals surface area contributed by atoms with Crippen molar-refractivity contribution in [2.24, 2.45) is 0 Å². The SMILES string of the molecule is O=C(O)NC12CC(NC(=O)COc3ccc4cn[nH]c4c3)(C1)C2. The molecule has 0 unspecified atom stereocenters. The van der Waals surface area contributed by atoms with Crippen LogP contribution in [0.3, 0.4) is 0 Å². The summed E-state index contributed by atoms with van der Waals surface area (Å²) in [6.07, 6.45) is 2.66. The summed E-state index contributed by atoms with van der Waals surface area (Å²) in [7, 11) is 0. The summed E-state index contributed by atoms with van der Waals surface area (Å²) < 4.78 is 5.50. The number of nitrogens with zero attached hydrogens (tertiary/aromatic N) is 1. The van der Waals surface area contributed by atoms with Crippen LogP contribution in [0.25, 0.3) is 10.9 Å².